The molecule has 4 nitrogen and oxygen atoms in total. The lowest BCUT2D eigenvalue weighted by Gasteiger charge is -2.08. The van der Waals surface area contributed by atoms with Gasteiger partial charge in [-0.2, -0.15) is 0 Å². The standard InChI is InChI=1S/C22H13ClF2N2O2/c23-13-6-8-16-18(10-13)26-20(21(28)12-4-2-1-3-5-12)19(16)27-22(29)15-9-7-14(24)11-17(15)25/h1-11,26H,(H,27,29). The number of anilines is 1. The zero-order chi connectivity index (χ0) is 20.5. The van der Waals surface area contributed by atoms with Gasteiger partial charge in [-0.15, -0.1) is 0 Å². The van der Waals surface area contributed by atoms with Gasteiger partial charge in [-0.1, -0.05) is 41.9 Å². The molecule has 144 valence electrons. The van der Waals surface area contributed by atoms with Crippen LogP contribution in [-0.4, -0.2) is 16.7 Å². The first kappa shape index (κ1) is 18.8. The van der Waals surface area contributed by atoms with Crippen LogP contribution in [-0.2, 0) is 0 Å². The number of aromatic nitrogens is 1. The third-order valence-corrected chi connectivity index (χ3v) is 4.67. The van der Waals surface area contributed by atoms with Gasteiger partial charge in [0.1, 0.15) is 17.3 Å². The Kier molecular flexibility index (Phi) is 4.86. The fraction of sp³-hybridized carbons (Fsp3) is 0. The molecule has 4 aromatic rings. The third-order valence-electron chi connectivity index (χ3n) is 4.44. The lowest BCUT2D eigenvalue weighted by Crippen LogP contribution is -2.16. The van der Waals surface area contributed by atoms with Crippen molar-refractivity contribution in [2.75, 3.05) is 5.32 Å². The van der Waals surface area contributed by atoms with Gasteiger partial charge < -0.3 is 10.3 Å². The van der Waals surface area contributed by atoms with Crippen LogP contribution in [0.4, 0.5) is 14.5 Å². The van der Waals surface area contributed by atoms with Gasteiger partial charge in [0.25, 0.3) is 5.91 Å². The molecule has 0 atom stereocenters. The van der Waals surface area contributed by atoms with Crippen molar-refractivity contribution in [3.05, 3.63) is 100 Å². The first-order valence-corrected chi connectivity index (χ1v) is 8.99. The predicted molar refractivity (Wildman–Crippen MR) is 107 cm³/mol. The maximum absolute atomic E-state index is 14.0. The minimum atomic E-state index is -0.999. The van der Waals surface area contributed by atoms with Crippen molar-refractivity contribution in [3.8, 4) is 0 Å². The Balaban J connectivity index is 1.81. The Morgan fingerprint density at radius 2 is 1.69 bits per heavy atom. The lowest BCUT2D eigenvalue weighted by atomic mass is 10.1. The molecular formula is C22H13ClF2N2O2. The van der Waals surface area contributed by atoms with Gasteiger partial charge in [-0.25, -0.2) is 8.78 Å². The van der Waals surface area contributed by atoms with Gasteiger partial charge in [-0.3, -0.25) is 9.59 Å². The van der Waals surface area contributed by atoms with Crippen molar-refractivity contribution in [3.63, 3.8) is 0 Å². The zero-order valence-electron chi connectivity index (χ0n) is 14.8. The van der Waals surface area contributed by atoms with Crippen molar-refractivity contribution in [2.24, 2.45) is 0 Å². The second-order valence-electron chi connectivity index (χ2n) is 6.34. The number of H-pyrrole nitrogens is 1. The van der Waals surface area contributed by atoms with E-state index < -0.39 is 17.5 Å². The predicted octanol–water partition coefficient (Wildman–Crippen LogP) is 5.58. The molecule has 4 rings (SSSR count). The highest BCUT2D eigenvalue weighted by Crippen LogP contribution is 2.32. The van der Waals surface area contributed by atoms with Gasteiger partial charge in [0, 0.05) is 27.6 Å². The van der Waals surface area contributed by atoms with E-state index in [9.17, 15) is 18.4 Å². The topological polar surface area (TPSA) is 62.0 Å². The van der Waals surface area contributed by atoms with Crippen LogP contribution in [0.15, 0.2) is 66.7 Å². The smallest absolute Gasteiger partial charge is 0.258 e. The monoisotopic (exact) mass is 410 g/mol. The summed E-state index contributed by atoms with van der Waals surface area (Å²) in [6.45, 7) is 0. The molecule has 1 amide bonds. The molecule has 0 fully saturated rings. The molecule has 2 N–H and O–H groups in total. The van der Waals surface area contributed by atoms with Crippen LogP contribution in [0.2, 0.25) is 5.02 Å². The Labute approximate surface area is 169 Å². The van der Waals surface area contributed by atoms with Crippen LogP contribution in [0, 0.1) is 11.6 Å². The van der Waals surface area contributed by atoms with Crippen LogP contribution in [0.25, 0.3) is 10.9 Å². The maximum atomic E-state index is 14.0. The Bertz CT molecular complexity index is 1250. The first-order valence-electron chi connectivity index (χ1n) is 8.61. The van der Waals surface area contributed by atoms with Crippen LogP contribution in [0.1, 0.15) is 26.4 Å². The van der Waals surface area contributed by atoms with E-state index in [-0.39, 0.29) is 22.7 Å². The van der Waals surface area contributed by atoms with Crippen molar-refractivity contribution >= 4 is 39.9 Å². The first-order chi connectivity index (χ1) is 13.9. The van der Waals surface area contributed by atoms with Crippen LogP contribution < -0.4 is 5.32 Å². The number of nitrogens with one attached hydrogen (secondary N) is 2. The second-order valence-corrected chi connectivity index (χ2v) is 6.77. The highest BCUT2D eigenvalue weighted by molar-refractivity contribution is 6.31. The summed E-state index contributed by atoms with van der Waals surface area (Å²) in [4.78, 5) is 28.6. The number of carbonyl (C=O) groups excluding carboxylic acids is 2. The van der Waals surface area contributed by atoms with Gasteiger partial charge >= 0.3 is 0 Å². The highest BCUT2D eigenvalue weighted by Gasteiger charge is 2.22. The number of halogens is 3. The summed E-state index contributed by atoms with van der Waals surface area (Å²) in [6, 6.07) is 16.0. The number of hydrogen-bond acceptors (Lipinski definition) is 2. The van der Waals surface area contributed by atoms with Crippen molar-refractivity contribution in [1.82, 2.24) is 4.98 Å². The van der Waals surface area contributed by atoms with Crippen molar-refractivity contribution < 1.29 is 18.4 Å². The summed E-state index contributed by atoms with van der Waals surface area (Å²) < 4.78 is 27.2. The number of fused-ring (bicyclic) bond motifs is 1. The number of carbonyl (C=O) groups is 2. The van der Waals surface area contributed by atoms with E-state index in [0.717, 1.165) is 12.1 Å². The van der Waals surface area contributed by atoms with E-state index in [1.807, 2.05) is 0 Å². The molecular weight excluding hydrogens is 398 g/mol. The quantitative estimate of drug-likeness (QED) is 0.431. The van der Waals surface area contributed by atoms with E-state index in [0.29, 0.717) is 27.6 Å². The summed E-state index contributed by atoms with van der Waals surface area (Å²) in [5, 5.41) is 3.56. The Hall–Kier alpha value is -3.51. The average Bonchev–Trinajstić information content (AvgIpc) is 3.05. The second kappa shape index (κ2) is 7.48. The molecule has 0 spiro atoms. The molecule has 1 heterocycles. The minimum Gasteiger partial charge on any atom is -0.350 e. The molecule has 0 saturated heterocycles. The minimum absolute atomic E-state index is 0.129. The van der Waals surface area contributed by atoms with E-state index in [1.54, 1.807) is 48.5 Å². The fourth-order valence-electron chi connectivity index (χ4n) is 3.06. The number of ketones is 1. The molecule has 0 radical (unpaired) electrons. The van der Waals surface area contributed by atoms with Gasteiger partial charge in [0.15, 0.2) is 0 Å². The molecule has 29 heavy (non-hydrogen) atoms. The molecule has 7 heteroatoms. The van der Waals surface area contributed by atoms with Crippen LogP contribution >= 0.6 is 11.6 Å². The molecule has 0 unspecified atom stereocenters. The fourth-order valence-corrected chi connectivity index (χ4v) is 3.23. The molecule has 0 aliphatic rings. The molecule has 0 aliphatic carbocycles. The summed E-state index contributed by atoms with van der Waals surface area (Å²) in [5.74, 6) is -2.95. The lowest BCUT2D eigenvalue weighted by molar-refractivity contribution is 0.102. The number of aromatic amines is 1. The number of rotatable bonds is 4. The number of amides is 1. The van der Waals surface area contributed by atoms with Gasteiger partial charge in [0.2, 0.25) is 5.78 Å². The largest absolute Gasteiger partial charge is 0.350 e. The average molecular weight is 411 g/mol. The van der Waals surface area contributed by atoms with Crippen LogP contribution in [0.5, 0.6) is 0 Å². The van der Waals surface area contributed by atoms with E-state index in [2.05, 4.69) is 10.3 Å². The summed E-state index contributed by atoms with van der Waals surface area (Å²) in [5.41, 5.74) is 0.927. The number of hydrogen-bond donors (Lipinski definition) is 2. The maximum Gasteiger partial charge on any atom is 0.258 e. The molecule has 3 aromatic carbocycles. The van der Waals surface area contributed by atoms with E-state index in [1.165, 1.54) is 0 Å². The highest BCUT2D eigenvalue weighted by atomic mass is 35.5. The molecule has 0 saturated carbocycles. The Morgan fingerprint density at radius 3 is 2.41 bits per heavy atom. The van der Waals surface area contributed by atoms with Gasteiger partial charge in [-0.05, 0) is 30.3 Å². The van der Waals surface area contributed by atoms with Crippen molar-refractivity contribution in [2.45, 2.75) is 0 Å². The van der Waals surface area contributed by atoms with Crippen LogP contribution in [0.3, 0.4) is 0 Å². The number of benzene rings is 3. The van der Waals surface area contributed by atoms with E-state index in [4.69, 9.17) is 11.6 Å². The van der Waals surface area contributed by atoms with E-state index >= 15 is 0 Å². The van der Waals surface area contributed by atoms with Gasteiger partial charge in [0.05, 0.1) is 11.3 Å². The zero-order valence-corrected chi connectivity index (χ0v) is 15.6. The summed E-state index contributed by atoms with van der Waals surface area (Å²) in [7, 11) is 0. The van der Waals surface area contributed by atoms with Crippen molar-refractivity contribution in [1.29, 1.82) is 0 Å². The third kappa shape index (κ3) is 3.62. The summed E-state index contributed by atoms with van der Waals surface area (Å²) in [6.07, 6.45) is 0. The SMILES string of the molecule is O=C(Nc1c(C(=O)c2ccccc2)[nH]c2cc(Cl)ccc12)c1ccc(F)cc1F. The Morgan fingerprint density at radius 1 is 0.931 bits per heavy atom. The molecule has 0 bridgehead atoms. The normalized spacial score (nSPS) is 10.9. The molecule has 0 aliphatic heterocycles. The summed E-state index contributed by atoms with van der Waals surface area (Å²) >= 11 is 6.04. The molecule has 1 aromatic heterocycles.